The van der Waals surface area contributed by atoms with Crippen LogP contribution in [0.3, 0.4) is 0 Å². The number of hydrogen-bond acceptors (Lipinski definition) is 2. The summed E-state index contributed by atoms with van der Waals surface area (Å²) in [7, 11) is 0. The first-order chi connectivity index (χ1) is 5.07. The second-order valence-electron chi connectivity index (χ2n) is 2.48. The third-order valence-corrected chi connectivity index (χ3v) is 0.973. The van der Waals surface area contributed by atoms with Gasteiger partial charge in [-0.15, -0.1) is 0 Å². The molecule has 0 saturated heterocycles. The van der Waals surface area contributed by atoms with Crippen molar-refractivity contribution < 1.29 is 9.53 Å². The second-order valence-corrected chi connectivity index (χ2v) is 2.48. The molecule has 0 atom stereocenters. The van der Waals surface area contributed by atoms with Gasteiger partial charge < -0.3 is 4.74 Å². The number of rotatable bonds is 3. The van der Waals surface area contributed by atoms with Crippen LogP contribution in [0.4, 0.5) is 0 Å². The van der Waals surface area contributed by atoms with Crippen LogP contribution in [-0.2, 0) is 9.53 Å². The molecule has 0 aliphatic rings. The lowest BCUT2D eigenvalue weighted by Gasteiger charge is -2.06. The fraction of sp³-hybridized carbons (Fsp3) is 0.444. The maximum atomic E-state index is 11.0. The van der Waals surface area contributed by atoms with E-state index in [1.54, 1.807) is 26.0 Å². The minimum absolute atomic E-state index is 0.0792. The molecule has 0 radical (unpaired) electrons. The molecule has 0 aromatic carbocycles. The molecule has 2 nitrogen and oxygen atoms in total. The molecule has 0 fully saturated rings. The van der Waals surface area contributed by atoms with Gasteiger partial charge in [-0.1, -0.05) is 18.7 Å². The van der Waals surface area contributed by atoms with Gasteiger partial charge in [0.1, 0.15) is 0 Å². The van der Waals surface area contributed by atoms with Gasteiger partial charge in [0.05, 0.1) is 11.7 Å². The van der Waals surface area contributed by atoms with Gasteiger partial charge in [-0.25, -0.2) is 4.79 Å². The smallest absolute Gasteiger partial charge is 0.337 e. The minimum atomic E-state index is -0.349. The van der Waals surface area contributed by atoms with Gasteiger partial charge in [0, 0.05) is 0 Å². The van der Waals surface area contributed by atoms with E-state index in [4.69, 9.17) is 4.74 Å². The minimum Gasteiger partial charge on any atom is -0.459 e. The molecule has 0 rings (SSSR count). The highest BCUT2D eigenvalue weighted by atomic mass is 16.5. The van der Waals surface area contributed by atoms with E-state index >= 15 is 0 Å². The van der Waals surface area contributed by atoms with Crippen LogP contribution >= 0.6 is 0 Å². The van der Waals surface area contributed by atoms with Gasteiger partial charge in [0.2, 0.25) is 0 Å². The first-order valence-electron chi connectivity index (χ1n) is 3.60. The second kappa shape index (κ2) is 4.72. The predicted molar refractivity (Wildman–Crippen MR) is 45.2 cm³/mol. The van der Waals surface area contributed by atoms with Crippen molar-refractivity contribution in [2.45, 2.75) is 26.9 Å². The van der Waals surface area contributed by atoms with E-state index in [1.807, 2.05) is 6.92 Å². The molecular weight excluding hydrogens is 140 g/mol. The van der Waals surface area contributed by atoms with E-state index in [1.165, 1.54) is 0 Å². The fourth-order valence-corrected chi connectivity index (χ4v) is 0.559. The summed E-state index contributed by atoms with van der Waals surface area (Å²) >= 11 is 0. The highest BCUT2D eigenvalue weighted by Gasteiger charge is 2.05. The highest BCUT2D eigenvalue weighted by Crippen LogP contribution is 1.99. The van der Waals surface area contributed by atoms with Gasteiger partial charge in [0.25, 0.3) is 0 Å². The van der Waals surface area contributed by atoms with Crippen LogP contribution in [0, 0.1) is 0 Å². The summed E-state index contributed by atoms with van der Waals surface area (Å²) in [6, 6.07) is 0. The standard InChI is InChI=1S/C9H14O2/c1-5-6-8(4)9(10)11-7(2)3/h5-7H,4H2,1-3H3. The van der Waals surface area contributed by atoms with Crippen molar-refractivity contribution in [2.75, 3.05) is 0 Å². The molecule has 2 heteroatoms. The van der Waals surface area contributed by atoms with Crippen molar-refractivity contribution in [3.63, 3.8) is 0 Å². The molecule has 0 heterocycles. The summed E-state index contributed by atoms with van der Waals surface area (Å²) in [4.78, 5) is 11.0. The van der Waals surface area contributed by atoms with Crippen LogP contribution in [0.2, 0.25) is 0 Å². The molecule has 0 unspecified atom stereocenters. The first-order valence-corrected chi connectivity index (χ1v) is 3.60. The number of ether oxygens (including phenoxy) is 1. The van der Waals surface area contributed by atoms with Crippen molar-refractivity contribution in [1.82, 2.24) is 0 Å². The number of allylic oxidation sites excluding steroid dienone is 1. The molecule has 0 aliphatic heterocycles. The average molecular weight is 154 g/mol. The van der Waals surface area contributed by atoms with Crippen molar-refractivity contribution in [2.24, 2.45) is 0 Å². The fourth-order valence-electron chi connectivity index (χ4n) is 0.559. The Labute approximate surface area is 67.6 Å². The largest absolute Gasteiger partial charge is 0.459 e. The Hall–Kier alpha value is -1.05. The van der Waals surface area contributed by atoms with Crippen LogP contribution in [0.5, 0.6) is 0 Å². The molecule has 0 aromatic rings. The van der Waals surface area contributed by atoms with Gasteiger partial charge >= 0.3 is 5.97 Å². The summed E-state index contributed by atoms with van der Waals surface area (Å²) in [5, 5.41) is 0. The first kappa shape index (κ1) is 9.95. The van der Waals surface area contributed by atoms with Crippen molar-refractivity contribution in [1.29, 1.82) is 0 Å². The molecule has 0 spiro atoms. The lowest BCUT2D eigenvalue weighted by Crippen LogP contribution is -2.11. The Morgan fingerprint density at radius 3 is 2.45 bits per heavy atom. The van der Waals surface area contributed by atoms with E-state index in [0.717, 1.165) is 0 Å². The Morgan fingerprint density at radius 1 is 1.55 bits per heavy atom. The van der Waals surface area contributed by atoms with E-state index in [-0.39, 0.29) is 12.1 Å². The normalized spacial score (nSPS) is 10.5. The molecule has 0 aromatic heterocycles. The number of esters is 1. The van der Waals surface area contributed by atoms with Crippen LogP contribution in [0.1, 0.15) is 20.8 Å². The van der Waals surface area contributed by atoms with Crippen LogP contribution in [0.15, 0.2) is 24.3 Å². The average Bonchev–Trinajstić information content (AvgIpc) is 1.86. The van der Waals surface area contributed by atoms with Crippen LogP contribution < -0.4 is 0 Å². The Balaban J connectivity index is 3.94. The van der Waals surface area contributed by atoms with Gasteiger partial charge in [-0.05, 0) is 20.8 Å². The molecule has 0 amide bonds. The summed E-state index contributed by atoms with van der Waals surface area (Å²) in [5.74, 6) is -0.349. The van der Waals surface area contributed by atoms with Crippen LogP contribution in [-0.4, -0.2) is 12.1 Å². The van der Waals surface area contributed by atoms with Crippen molar-refractivity contribution >= 4 is 5.97 Å². The van der Waals surface area contributed by atoms with E-state index in [0.29, 0.717) is 5.57 Å². The lowest BCUT2D eigenvalue weighted by atomic mass is 10.3. The van der Waals surface area contributed by atoms with Gasteiger partial charge in [-0.3, -0.25) is 0 Å². The zero-order chi connectivity index (χ0) is 8.85. The van der Waals surface area contributed by atoms with Crippen molar-refractivity contribution in [3.05, 3.63) is 24.3 Å². The van der Waals surface area contributed by atoms with E-state index < -0.39 is 0 Å². The zero-order valence-corrected chi connectivity index (χ0v) is 7.26. The molecule has 11 heavy (non-hydrogen) atoms. The molecule has 62 valence electrons. The molecule has 0 saturated carbocycles. The predicted octanol–water partition coefficient (Wildman–Crippen LogP) is 2.07. The summed E-state index contributed by atoms with van der Waals surface area (Å²) in [6.45, 7) is 8.98. The number of hydrogen-bond donors (Lipinski definition) is 0. The Bertz CT molecular complexity index is 178. The molecule has 0 aliphatic carbocycles. The van der Waals surface area contributed by atoms with E-state index in [9.17, 15) is 4.79 Å². The lowest BCUT2D eigenvalue weighted by molar-refractivity contribution is -0.142. The summed E-state index contributed by atoms with van der Waals surface area (Å²) in [6.07, 6.45) is 3.30. The number of carbonyl (C=O) groups excluding carboxylic acids is 1. The summed E-state index contributed by atoms with van der Waals surface area (Å²) in [5.41, 5.74) is 0.390. The van der Waals surface area contributed by atoms with Crippen LogP contribution in [0.25, 0.3) is 0 Å². The monoisotopic (exact) mass is 154 g/mol. The molecular formula is C9H14O2. The maximum Gasteiger partial charge on any atom is 0.337 e. The number of carbonyl (C=O) groups is 1. The molecule has 0 bridgehead atoms. The van der Waals surface area contributed by atoms with Gasteiger partial charge in [0.15, 0.2) is 0 Å². The third-order valence-electron chi connectivity index (χ3n) is 0.973. The third kappa shape index (κ3) is 4.37. The highest BCUT2D eigenvalue weighted by molar-refractivity contribution is 5.90. The van der Waals surface area contributed by atoms with Crippen molar-refractivity contribution in [3.8, 4) is 0 Å². The zero-order valence-electron chi connectivity index (χ0n) is 7.26. The Kier molecular flexibility index (Phi) is 4.27. The maximum absolute atomic E-state index is 11.0. The SMILES string of the molecule is C=C(C=CC)C(=O)OC(C)C. The molecule has 0 N–H and O–H groups in total. The van der Waals surface area contributed by atoms with E-state index in [2.05, 4.69) is 6.58 Å². The summed E-state index contributed by atoms with van der Waals surface area (Å²) < 4.78 is 4.87. The van der Waals surface area contributed by atoms with Gasteiger partial charge in [-0.2, -0.15) is 0 Å². The Morgan fingerprint density at radius 2 is 2.09 bits per heavy atom. The topological polar surface area (TPSA) is 26.3 Å². The quantitative estimate of drug-likeness (QED) is 0.353.